The Hall–Kier alpha value is -3.78. The van der Waals surface area contributed by atoms with E-state index in [1.54, 1.807) is 23.2 Å². The van der Waals surface area contributed by atoms with Gasteiger partial charge in [-0.25, -0.2) is 9.37 Å². The van der Waals surface area contributed by atoms with Crippen LogP contribution in [0.1, 0.15) is 21.5 Å². The second-order valence-electron chi connectivity index (χ2n) is 7.69. The molecule has 0 bridgehead atoms. The van der Waals surface area contributed by atoms with E-state index in [0.717, 1.165) is 16.6 Å². The Morgan fingerprint density at radius 2 is 1.97 bits per heavy atom. The molecule has 1 aliphatic rings. The zero-order valence-corrected chi connectivity index (χ0v) is 17.3. The molecule has 1 fully saturated rings. The Labute approximate surface area is 184 Å². The average Bonchev–Trinajstić information content (AvgIpc) is 3.23. The summed E-state index contributed by atoms with van der Waals surface area (Å²) in [6.07, 6.45) is 2.14. The fourth-order valence-corrected chi connectivity index (χ4v) is 3.82. The summed E-state index contributed by atoms with van der Waals surface area (Å²) in [4.78, 5) is 19.0. The van der Waals surface area contributed by atoms with E-state index in [4.69, 9.17) is 4.74 Å². The Balaban J connectivity index is 1.38. The van der Waals surface area contributed by atoms with E-state index in [2.05, 4.69) is 20.5 Å². The molecule has 2 aromatic heterocycles. The molecular weight excluding hydrogens is 409 g/mol. The molecule has 32 heavy (non-hydrogen) atoms. The molecule has 7 nitrogen and oxygen atoms in total. The lowest BCUT2D eigenvalue weighted by Crippen LogP contribution is -2.40. The van der Waals surface area contributed by atoms with Crippen LogP contribution in [0.5, 0.6) is 0 Å². The van der Waals surface area contributed by atoms with E-state index in [0.29, 0.717) is 55.3 Å². The molecule has 0 aliphatic carbocycles. The Morgan fingerprint density at radius 1 is 1.12 bits per heavy atom. The summed E-state index contributed by atoms with van der Waals surface area (Å²) in [6, 6.07) is 16.0. The van der Waals surface area contributed by atoms with E-state index in [-0.39, 0.29) is 11.7 Å². The van der Waals surface area contributed by atoms with Crippen molar-refractivity contribution < 1.29 is 13.9 Å². The summed E-state index contributed by atoms with van der Waals surface area (Å²) in [7, 11) is 0. The molecule has 162 valence electrons. The smallest absolute Gasteiger partial charge is 0.254 e. The molecule has 8 heteroatoms. The average molecular weight is 431 g/mol. The summed E-state index contributed by atoms with van der Waals surface area (Å²) < 4.78 is 19.4. The van der Waals surface area contributed by atoms with Gasteiger partial charge in [0, 0.05) is 37.0 Å². The van der Waals surface area contributed by atoms with Gasteiger partial charge in [-0.3, -0.25) is 9.89 Å². The van der Waals surface area contributed by atoms with Gasteiger partial charge in [-0.2, -0.15) is 5.10 Å². The van der Waals surface area contributed by atoms with Crippen LogP contribution < -0.4 is 5.32 Å². The number of anilines is 2. The topological polar surface area (TPSA) is 83.1 Å². The molecular formula is C24H22FN5O2. The molecule has 1 saturated heterocycles. The highest BCUT2D eigenvalue weighted by Gasteiger charge is 2.19. The van der Waals surface area contributed by atoms with Crippen molar-refractivity contribution in [1.82, 2.24) is 20.1 Å². The van der Waals surface area contributed by atoms with Gasteiger partial charge in [0.2, 0.25) is 0 Å². The predicted molar refractivity (Wildman–Crippen MR) is 120 cm³/mol. The minimum absolute atomic E-state index is 0.0136. The van der Waals surface area contributed by atoms with Gasteiger partial charge in [-0.05, 0) is 41.5 Å². The number of halogens is 1. The third-order valence-corrected chi connectivity index (χ3v) is 5.50. The molecule has 0 saturated carbocycles. The summed E-state index contributed by atoms with van der Waals surface area (Å²) in [5.41, 5.74) is 3.42. The summed E-state index contributed by atoms with van der Waals surface area (Å²) in [6.45, 7) is 2.31. The van der Waals surface area contributed by atoms with Gasteiger partial charge in [0.15, 0.2) is 5.65 Å². The molecule has 0 spiro atoms. The van der Waals surface area contributed by atoms with Gasteiger partial charge in [0.1, 0.15) is 11.6 Å². The third-order valence-electron chi connectivity index (χ3n) is 5.50. The minimum atomic E-state index is -0.236. The number of benzene rings is 2. The second kappa shape index (κ2) is 8.76. The lowest BCUT2D eigenvalue weighted by Gasteiger charge is -2.27. The number of aromatic nitrogens is 3. The number of carbonyl (C=O) groups is 1. The maximum Gasteiger partial charge on any atom is 0.254 e. The van der Waals surface area contributed by atoms with Crippen molar-refractivity contribution in [2.75, 3.05) is 31.6 Å². The number of hydrogen-bond acceptors (Lipinski definition) is 5. The van der Waals surface area contributed by atoms with Crippen LogP contribution in [-0.4, -0.2) is 52.3 Å². The highest BCUT2D eigenvalue weighted by atomic mass is 19.1. The number of amides is 1. The first-order valence-electron chi connectivity index (χ1n) is 10.5. The highest BCUT2D eigenvalue weighted by molar-refractivity contribution is 5.96. The van der Waals surface area contributed by atoms with E-state index in [1.807, 2.05) is 36.4 Å². The van der Waals surface area contributed by atoms with Crippen LogP contribution in [0.25, 0.3) is 11.0 Å². The summed E-state index contributed by atoms with van der Waals surface area (Å²) in [5.74, 6) is 0.416. The van der Waals surface area contributed by atoms with Gasteiger partial charge in [0.25, 0.3) is 5.91 Å². The van der Waals surface area contributed by atoms with Crippen molar-refractivity contribution >= 4 is 28.4 Å². The lowest BCUT2D eigenvalue weighted by molar-refractivity contribution is 0.0303. The normalized spacial score (nSPS) is 14.0. The summed E-state index contributed by atoms with van der Waals surface area (Å²) >= 11 is 0. The second-order valence-corrected chi connectivity index (χ2v) is 7.69. The van der Waals surface area contributed by atoms with Gasteiger partial charge < -0.3 is 15.0 Å². The number of carbonyl (C=O) groups excluding carboxylic acids is 1. The van der Waals surface area contributed by atoms with Crippen LogP contribution in [0.2, 0.25) is 0 Å². The van der Waals surface area contributed by atoms with Crippen molar-refractivity contribution in [3.8, 4) is 0 Å². The van der Waals surface area contributed by atoms with Crippen LogP contribution in [0, 0.1) is 5.82 Å². The molecule has 0 radical (unpaired) electrons. The lowest BCUT2D eigenvalue weighted by atomic mass is 10.1. The minimum Gasteiger partial charge on any atom is -0.378 e. The number of fused-ring (bicyclic) bond motifs is 1. The number of morpholine rings is 1. The third kappa shape index (κ3) is 4.17. The standard InChI is InChI=1S/C24H22FN5O2/c25-21-7-2-1-4-17(21)12-16-13-20-22(26-15-16)28-29-23(20)27-19-6-3-5-18(14-19)24(31)30-8-10-32-11-9-30/h1-7,13-15H,8-12H2,(H2,26,27,28,29). The fourth-order valence-electron chi connectivity index (χ4n) is 3.82. The van der Waals surface area contributed by atoms with E-state index < -0.39 is 0 Å². The van der Waals surface area contributed by atoms with Crippen LogP contribution >= 0.6 is 0 Å². The fraction of sp³-hybridized carbons (Fsp3) is 0.208. The molecule has 2 N–H and O–H groups in total. The highest BCUT2D eigenvalue weighted by Crippen LogP contribution is 2.25. The SMILES string of the molecule is O=C(c1cccc(Nc2[nH]nc3ncc(Cc4ccccc4F)cc23)c1)N1CCOCC1. The maximum atomic E-state index is 14.0. The first-order chi connectivity index (χ1) is 15.7. The van der Waals surface area contributed by atoms with Crippen molar-refractivity contribution in [2.24, 2.45) is 0 Å². The van der Waals surface area contributed by atoms with Gasteiger partial charge in [-0.15, -0.1) is 0 Å². The monoisotopic (exact) mass is 431 g/mol. The number of pyridine rings is 1. The van der Waals surface area contributed by atoms with Crippen LogP contribution in [0.3, 0.4) is 0 Å². The first kappa shape index (κ1) is 20.1. The zero-order chi connectivity index (χ0) is 21.9. The quantitative estimate of drug-likeness (QED) is 0.501. The first-order valence-corrected chi connectivity index (χ1v) is 10.5. The number of nitrogens with zero attached hydrogens (tertiary/aromatic N) is 3. The molecule has 1 amide bonds. The van der Waals surface area contributed by atoms with Gasteiger partial charge in [0.05, 0.1) is 18.6 Å². The Kier molecular flexibility index (Phi) is 5.51. The number of rotatable bonds is 5. The molecule has 4 aromatic rings. The largest absolute Gasteiger partial charge is 0.378 e. The number of H-pyrrole nitrogens is 1. The number of nitrogens with one attached hydrogen (secondary N) is 2. The van der Waals surface area contributed by atoms with Crippen LogP contribution in [-0.2, 0) is 11.2 Å². The van der Waals surface area contributed by atoms with Crippen LogP contribution in [0.4, 0.5) is 15.9 Å². The van der Waals surface area contributed by atoms with Crippen LogP contribution in [0.15, 0.2) is 60.8 Å². The number of aromatic amines is 1. The molecule has 5 rings (SSSR count). The van der Waals surface area contributed by atoms with Gasteiger partial charge >= 0.3 is 0 Å². The molecule has 0 atom stereocenters. The Morgan fingerprint density at radius 3 is 2.81 bits per heavy atom. The van der Waals surface area contributed by atoms with Crippen molar-refractivity contribution in [1.29, 1.82) is 0 Å². The van der Waals surface area contributed by atoms with Crippen molar-refractivity contribution in [3.05, 3.63) is 83.3 Å². The van der Waals surface area contributed by atoms with E-state index in [1.165, 1.54) is 6.07 Å². The number of ether oxygens (including phenoxy) is 1. The van der Waals surface area contributed by atoms with E-state index in [9.17, 15) is 9.18 Å². The zero-order valence-electron chi connectivity index (χ0n) is 17.3. The predicted octanol–water partition coefficient (Wildman–Crippen LogP) is 3.90. The summed E-state index contributed by atoms with van der Waals surface area (Å²) in [5, 5.41) is 11.3. The molecule has 0 unspecified atom stereocenters. The molecule has 1 aliphatic heterocycles. The van der Waals surface area contributed by atoms with Crippen molar-refractivity contribution in [2.45, 2.75) is 6.42 Å². The molecule has 3 heterocycles. The van der Waals surface area contributed by atoms with Crippen molar-refractivity contribution in [3.63, 3.8) is 0 Å². The number of hydrogen-bond donors (Lipinski definition) is 2. The maximum absolute atomic E-state index is 14.0. The van der Waals surface area contributed by atoms with Gasteiger partial charge in [-0.1, -0.05) is 24.3 Å². The van der Waals surface area contributed by atoms with E-state index >= 15 is 0 Å². The molecule has 2 aromatic carbocycles. The Bertz CT molecular complexity index is 1270.